The quantitative estimate of drug-likeness (QED) is 0.532. The van der Waals surface area contributed by atoms with E-state index >= 15 is 0 Å². The lowest BCUT2D eigenvalue weighted by atomic mass is 9.48. The van der Waals surface area contributed by atoms with Crippen LogP contribution in [-0.4, -0.2) is 69.8 Å². The number of likely N-dealkylation sites (N-methyl/N-ethyl adjacent to an activating group) is 1. The van der Waals surface area contributed by atoms with E-state index in [1.807, 2.05) is 6.07 Å². The summed E-state index contributed by atoms with van der Waals surface area (Å²) in [6.07, 6.45) is 2.51. The van der Waals surface area contributed by atoms with Gasteiger partial charge in [-0.1, -0.05) is 18.2 Å². The van der Waals surface area contributed by atoms with Crippen LogP contribution in [0, 0.1) is 5.92 Å². The van der Waals surface area contributed by atoms with Crippen molar-refractivity contribution in [2.24, 2.45) is 5.92 Å². The Labute approximate surface area is 231 Å². The van der Waals surface area contributed by atoms with Crippen LogP contribution in [0.1, 0.15) is 54.4 Å². The first kappa shape index (κ1) is 25.9. The number of nitrogens with zero attached hydrogens (tertiary/aromatic N) is 2. The number of likely N-dealkylation sites (tertiary alicyclic amines) is 1. The number of halogens is 3. The maximum atomic E-state index is 13.4. The third kappa shape index (κ3) is 3.66. The summed E-state index contributed by atoms with van der Waals surface area (Å²) in [5, 5.41) is 23.4. The standard InChI is InChI=1S/C31H33F3N2O4/c1-35(25(38)10-7-18-3-2-4-21(15-18)31(32,33)34)22-11-12-30(39)24-16-20-8-9-23(37)27-26(20)29(30,28(22)40-27)13-14-36(24)17-19-5-6-19/h2-4,7-10,15,19,22,24,28,37,39H,5-6,11-14,16-17H2,1H3/b10-7+/t22?,24-,28?,29+,30?/m1/s1. The Balaban J connectivity index is 1.21. The summed E-state index contributed by atoms with van der Waals surface area (Å²) in [7, 11) is 1.68. The SMILES string of the molecule is CN(C(=O)/C=C/c1cccc(C(F)(F)F)c1)C1CCC2(O)[C@H]3Cc4ccc(O)c5c4[C@@]2(CCN3CC2CC2)C1O5. The Bertz CT molecular complexity index is 1410. The highest BCUT2D eigenvalue weighted by Crippen LogP contribution is 2.66. The van der Waals surface area contributed by atoms with Crippen LogP contribution >= 0.6 is 0 Å². The predicted octanol–water partition coefficient (Wildman–Crippen LogP) is 4.52. The topological polar surface area (TPSA) is 73.2 Å². The molecular weight excluding hydrogens is 521 g/mol. The normalized spacial score (nSPS) is 32.6. The lowest BCUT2D eigenvalue weighted by Gasteiger charge is -2.64. The molecule has 2 bridgehead atoms. The minimum Gasteiger partial charge on any atom is -0.504 e. The zero-order chi connectivity index (χ0) is 28.0. The van der Waals surface area contributed by atoms with E-state index in [1.54, 1.807) is 18.0 Å². The summed E-state index contributed by atoms with van der Waals surface area (Å²) in [6, 6.07) is 8.03. The summed E-state index contributed by atoms with van der Waals surface area (Å²) < 4.78 is 45.9. The van der Waals surface area contributed by atoms with Gasteiger partial charge in [0.2, 0.25) is 5.91 Å². The molecular formula is C31H33F3N2O4. The molecule has 3 aliphatic carbocycles. The molecule has 1 saturated heterocycles. The van der Waals surface area contributed by atoms with Crippen molar-refractivity contribution in [3.8, 4) is 11.5 Å². The average molecular weight is 555 g/mol. The average Bonchev–Trinajstić information content (AvgIpc) is 3.66. The summed E-state index contributed by atoms with van der Waals surface area (Å²) in [6.45, 7) is 1.80. The van der Waals surface area contributed by atoms with E-state index in [-0.39, 0.29) is 29.3 Å². The van der Waals surface area contributed by atoms with Crippen molar-refractivity contribution in [2.75, 3.05) is 20.1 Å². The van der Waals surface area contributed by atoms with Crippen LogP contribution in [0.4, 0.5) is 13.2 Å². The van der Waals surface area contributed by atoms with Crippen LogP contribution in [0.5, 0.6) is 11.5 Å². The molecule has 3 unspecified atom stereocenters. The number of carbonyl (C=O) groups excluding carboxylic acids is 1. The molecule has 5 aliphatic rings. The fourth-order valence-corrected chi connectivity index (χ4v) is 8.12. The number of carbonyl (C=O) groups is 1. The Morgan fingerprint density at radius 1 is 1.20 bits per heavy atom. The first-order valence-corrected chi connectivity index (χ1v) is 14.1. The molecule has 40 heavy (non-hydrogen) atoms. The third-order valence-corrected chi connectivity index (χ3v) is 10.2. The zero-order valence-electron chi connectivity index (χ0n) is 22.3. The largest absolute Gasteiger partial charge is 0.504 e. The summed E-state index contributed by atoms with van der Waals surface area (Å²) in [4.78, 5) is 17.4. The number of phenols is 1. The highest BCUT2D eigenvalue weighted by molar-refractivity contribution is 5.92. The van der Waals surface area contributed by atoms with E-state index < -0.39 is 28.9 Å². The number of ether oxygens (including phenoxy) is 1. The van der Waals surface area contributed by atoms with Crippen LogP contribution in [0.15, 0.2) is 42.5 Å². The zero-order valence-corrected chi connectivity index (χ0v) is 22.3. The summed E-state index contributed by atoms with van der Waals surface area (Å²) in [5.74, 6) is 0.795. The Hall–Kier alpha value is -3.04. The highest BCUT2D eigenvalue weighted by Gasteiger charge is 2.73. The van der Waals surface area contributed by atoms with Crippen LogP contribution in [-0.2, 0) is 22.8 Å². The van der Waals surface area contributed by atoms with Gasteiger partial charge in [-0.3, -0.25) is 9.69 Å². The van der Waals surface area contributed by atoms with Gasteiger partial charge in [0, 0.05) is 31.3 Å². The van der Waals surface area contributed by atoms with Crippen molar-refractivity contribution in [3.63, 3.8) is 0 Å². The maximum absolute atomic E-state index is 13.4. The van der Waals surface area contributed by atoms with E-state index in [2.05, 4.69) is 4.90 Å². The Morgan fingerprint density at radius 3 is 2.75 bits per heavy atom. The first-order chi connectivity index (χ1) is 19.0. The third-order valence-electron chi connectivity index (χ3n) is 10.2. The monoisotopic (exact) mass is 554 g/mol. The second-order valence-corrected chi connectivity index (χ2v) is 12.3. The lowest BCUT2D eigenvalue weighted by molar-refractivity contribution is -0.200. The number of hydrogen-bond donors (Lipinski definition) is 2. The fourth-order valence-electron chi connectivity index (χ4n) is 8.12. The highest BCUT2D eigenvalue weighted by atomic mass is 19.4. The molecule has 3 fully saturated rings. The molecule has 2 N–H and O–H groups in total. The Kier molecular flexibility index (Phi) is 5.65. The molecule has 2 heterocycles. The van der Waals surface area contributed by atoms with Crippen molar-refractivity contribution >= 4 is 12.0 Å². The van der Waals surface area contributed by atoms with Crippen molar-refractivity contribution in [1.29, 1.82) is 0 Å². The van der Waals surface area contributed by atoms with Gasteiger partial charge < -0.3 is 19.8 Å². The Morgan fingerprint density at radius 2 is 2.00 bits per heavy atom. The minimum absolute atomic E-state index is 0.0425. The molecule has 0 radical (unpaired) electrons. The van der Waals surface area contributed by atoms with Crippen LogP contribution in [0.3, 0.4) is 0 Å². The van der Waals surface area contributed by atoms with E-state index in [9.17, 15) is 28.2 Å². The molecule has 1 spiro atoms. The molecule has 6 nitrogen and oxygen atoms in total. The first-order valence-electron chi connectivity index (χ1n) is 14.1. The molecule has 2 aromatic rings. The van der Waals surface area contributed by atoms with Crippen molar-refractivity contribution < 1.29 is 32.9 Å². The number of aromatic hydroxyl groups is 1. The van der Waals surface area contributed by atoms with Gasteiger partial charge in [0.05, 0.1) is 22.6 Å². The predicted molar refractivity (Wildman–Crippen MR) is 142 cm³/mol. The molecule has 9 heteroatoms. The smallest absolute Gasteiger partial charge is 0.416 e. The lowest BCUT2D eigenvalue weighted by Crippen LogP contribution is -2.78. The second-order valence-electron chi connectivity index (χ2n) is 12.3. The van der Waals surface area contributed by atoms with Gasteiger partial charge in [0.25, 0.3) is 0 Å². The van der Waals surface area contributed by atoms with Crippen LogP contribution in [0.25, 0.3) is 6.08 Å². The number of phenolic OH excluding ortho intramolecular Hbond substituents is 1. The minimum atomic E-state index is -4.46. The van der Waals surface area contributed by atoms with Gasteiger partial charge in [-0.2, -0.15) is 13.2 Å². The van der Waals surface area contributed by atoms with Gasteiger partial charge in [-0.15, -0.1) is 0 Å². The number of alkyl halides is 3. The fraction of sp³-hybridized carbons (Fsp3) is 0.516. The molecule has 2 aromatic carbocycles. The van der Waals surface area contributed by atoms with Gasteiger partial charge >= 0.3 is 6.18 Å². The molecule has 0 aromatic heterocycles. The summed E-state index contributed by atoms with van der Waals surface area (Å²) >= 11 is 0. The molecule has 212 valence electrons. The molecule has 1 amide bonds. The maximum Gasteiger partial charge on any atom is 0.416 e. The van der Waals surface area contributed by atoms with Crippen molar-refractivity contribution in [2.45, 2.75) is 73.9 Å². The van der Waals surface area contributed by atoms with E-state index in [0.29, 0.717) is 37.4 Å². The van der Waals surface area contributed by atoms with Gasteiger partial charge in [0.15, 0.2) is 11.5 Å². The van der Waals surface area contributed by atoms with E-state index in [4.69, 9.17) is 4.74 Å². The molecule has 2 saturated carbocycles. The number of benzene rings is 2. The molecule has 7 rings (SSSR count). The molecule has 2 aliphatic heterocycles. The van der Waals surface area contributed by atoms with Gasteiger partial charge in [-0.25, -0.2) is 0 Å². The van der Waals surface area contributed by atoms with Crippen LogP contribution < -0.4 is 4.74 Å². The number of hydrogen-bond acceptors (Lipinski definition) is 5. The number of rotatable bonds is 5. The van der Waals surface area contributed by atoms with E-state index in [0.717, 1.165) is 36.3 Å². The van der Waals surface area contributed by atoms with E-state index in [1.165, 1.54) is 37.1 Å². The molecule has 5 atom stereocenters. The number of amides is 1. The van der Waals surface area contributed by atoms with Crippen molar-refractivity contribution in [3.05, 3.63) is 64.7 Å². The van der Waals surface area contributed by atoms with Crippen LogP contribution in [0.2, 0.25) is 0 Å². The second kappa shape index (κ2) is 8.73. The number of aliphatic hydroxyl groups is 1. The van der Waals surface area contributed by atoms with Crippen molar-refractivity contribution in [1.82, 2.24) is 9.80 Å². The number of piperidine rings is 1. The van der Waals surface area contributed by atoms with Gasteiger partial charge in [-0.05, 0) is 86.4 Å². The summed E-state index contributed by atoms with van der Waals surface area (Å²) in [5.41, 5.74) is -0.303. The van der Waals surface area contributed by atoms with Gasteiger partial charge in [0.1, 0.15) is 6.10 Å².